The molecule has 0 radical (unpaired) electrons. The summed E-state index contributed by atoms with van der Waals surface area (Å²) in [6, 6.07) is 29.1. The molecule has 0 aliphatic carbocycles. The highest BCUT2D eigenvalue weighted by atomic mass is 79.9. The smallest absolute Gasteiger partial charge is 0.254 e. The molecule has 1 aromatic heterocycles. The van der Waals surface area contributed by atoms with Crippen molar-refractivity contribution < 1.29 is 9.53 Å². The van der Waals surface area contributed by atoms with Crippen LogP contribution < -0.4 is 4.74 Å². The highest BCUT2D eigenvalue weighted by Gasteiger charge is 2.20. The van der Waals surface area contributed by atoms with Crippen LogP contribution in [-0.2, 0) is 18.6 Å². The van der Waals surface area contributed by atoms with Crippen molar-refractivity contribution in [3.8, 4) is 5.75 Å². The van der Waals surface area contributed by atoms with E-state index in [1.54, 1.807) is 0 Å². The number of ether oxygens (including phenoxy) is 1. The molecule has 4 aromatic carbocycles. The van der Waals surface area contributed by atoms with Gasteiger partial charge < -0.3 is 9.64 Å². The molecule has 0 spiro atoms. The third-order valence-corrected chi connectivity index (χ3v) is 8.77. The number of aromatic nitrogens is 1. The molecular weight excluding hydrogens is 632 g/mol. The summed E-state index contributed by atoms with van der Waals surface area (Å²) in [7, 11) is 0. The number of rotatable bonds is 9. The van der Waals surface area contributed by atoms with E-state index in [2.05, 4.69) is 124 Å². The Morgan fingerprint density at radius 1 is 0.870 bits per heavy atom. The average molecular weight is 676 g/mol. The van der Waals surface area contributed by atoms with Crippen LogP contribution in [0.4, 0.5) is 0 Å². The Labute approximate surface area is 282 Å². The highest BCUT2D eigenvalue weighted by Crippen LogP contribution is 2.29. The Hall–Kier alpha value is -4.22. The van der Waals surface area contributed by atoms with E-state index >= 15 is 0 Å². The molecule has 0 fully saturated rings. The Kier molecular flexibility index (Phi) is 10.1. The second kappa shape index (κ2) is 14.0. The molecule has 236 valence electrons. The van der Waals surface area contributed by atoms with Gasteiger partial charge >= 0.3 is 0 Å². The molecule has 0 atom stereocenters. The number of halogens is 1. The summed E-state index contributed by atoms with van der Waals surface area (Å²) >= 11 is 3.60. The summed E-state index contributed by atoms with van der Waals surface area (Å²) in [5.41, 5.74) is 10.2. The summed E-state index contributed by atoms with van der Waals surface area (Å²) < 4.78 is 7.17. The van der Waals surface area contributed by atoms with E-state index in [1.165, 1.54) is 11.1 Å². The van der Waals surface area contributed by atoms with Crippen molar-refractivity contribution in [1.82, 2.24) is 9.88 Å². The van der Waals surface area contributed by atoms with Gasteiger partial charge in [-0.1, -0.05) is 109 Å². The maximum absolute atomic E-state index is 14.2. The van der Waals surface area contributed by atoms with Gasteiger partial charge in [-0.05, 0) is 96.8 Å². The first-order valence-corrected chi connectivity index (χ1v) is 16.7. The zero-order valence-electron chi connectivity index (χ0n) is 27.9. The first-order chi connectivity index (χ1) is 21.9. The first kappa shape index (κ1) is 33.2. The SMILES string of the molecule is CCN(Cc1cc(C)c(OCc2cccc(C)c2)c(C)c1)C(=O)c1cc(/C=C/c2ccc(C(C)(C)C)cc2)nc2ccc(Br)cc12. The second-order valence-electron chi connectivity index (χ2n) is 13.1. The molecule has 0 unspecified atom stereocenters. The number of carbonyl (C=O) groups excluding carboxylic acids is 1. The molecular formula is C41H43BrN2O2. The van der Waals surface area contributed by atoms with Gasteiger partial charge in [-0.3, -0.25) is 4.79 Å². The molecule has 1 heterocycles. The summed E-state index contributed by atoms with van der Waals surface area (Å²) in [6.45, 7) is 16.5. The molecule has 1 amide bonds. The van der Waals surface area contributed by atoms with Crippen LogP contribution >= 0.6 is 15.9 Å². The van der Waals surface area contributed by atoms with Crippen molar-refractivity contribution in [2.75, 3.05) is 6.54 Å². The van der Waals surface area contributed by atoms with E-state index in [4.69, 9.17) is 9.72 Å². The van der Waals surface area contributed by atoms with Crippen LogP contribution in [0, 0.1) is 20.8 Å². The Bertz CT molecular complexity index is 1880. The van der Waals surface area contributed by atoms with E-state index in [0.29, 0.717) is 25.3 Å². The molecule has 0 aliphatic rings. The predicted molar refractivity (Wildman–Crippen MR) is 195 cm³/mol. The highest BCUT2D eigenvalue weighted by molar-refractivity contribution is 9.10. The standard InChI is InChI=1S/C41H43BrN2O2/c1-8-44(25-32-21-28(3)39(29(4)22-32)46-26-31-11-9-10-27(2)20-31)40(45)37-24-35(43-38-19-17-34(42)23-36(37)38)18-14-30-12-15-33(16-13-30)41(5,6)7/h9-24H,8,25-26H2,1-7H3/b18-14+. The Balaban J connectivity index is 1.40. The van der Waals surface area contributed by atoms with Gasteiger partial charge in [0, 0.05) is 22.9 Å². The van der Waals surface area contributed by atoms with Crippen LogP contribution in [0.5, 0.6) is 5.75 Å². The number of carbonyl (C=O) groups is 1. The number of fused-ring (bicyclic) bond motifs is 1. The maximum atomic E-state index is 14.2. The van der Waals surface area contributed by atoms with E-state index in [9.17, 15) is 4.79 Å². The van der Waals surface area contributed by atoms with E-state index < -0.39 is 0 Å². The number of benzene rings is 4. The van der Waals surface area contributed by atoms with Crippen LogP contribution in [0.15, 0.2) is 89.4 Å². The van der Waals surface area contributed by atoms with Crippen molar-refractivity contribution in [1.29, 1.82) is 0 Å². The average Bonchev–Trinajstić information content (AvgIpc) is 3.01. The van der Waals surface area contributed by atoms with Crippen molar-refractivity contribution in [2.45, 2.75) is 67.0 Å². The molecule has 5 heteroatoms. The fourth-order valence-corrected chi connectivity index (χ4v) is 6.15. The maximum Gasteiger partial charge on any atom is 0.254 e. The minimum atomic E-state index is -0.0211. The Morgan fingerprint density at radius 3 is 2.24 bits per heavy atom. The topological polar surface area (TPSA) is 42.4 Å². The third kappa shape index (κ3) is 7.94. The predicted octanol–water partition coefficient (Wildman–Crippen LogP) is 10.6. The van der Waals surface area contributed by atoms with Crippen LogP contribution in [-0.4, -0.2) is 22.3 Å². The van der Waals surface area contributed by atoms with E-state index in [0.717, 1.165) is 54.6 Å². The normalized spacial score (nSPS) is 11.7. The van der Waals surface area contributed by atoms with Gasteiger partial charge in [0.1, 0.15) is 12.4 Å². The van der Waals surface area contributed by atoms with Crippen LogP contribution in [0.25, 0.3) is 23.1 Å². The second-order valence-corrected chi connectivity index (χ2v) is 14.0. The number of amides is 1. The quantitative estimate of drug-likeness (QED) is 0.156. The zero-order valence-corrected chi connectivity index (χ0v) is 29.5. The molecule has 0 saturated heterocycles. The zero-order chi connectivity index (χ0) is 33.0. The fraction of sp³-hybridized carbons (Fsp3) is 0.268. The molecule has 0 saturated carbocycles. The van der Waals surface area contributed by atoms with Crippen LogP contribution in [0.1, 0.15) is 82.7 Å². The van der Waals surface area contributed by atoms with Gasteiger partial charge in [-0.25, -0.2) is 4.98 Å². The lowest BCUT2D eigenvalue weighted by atomic mass is 9.87. The van der Waals surface area contributed by atoms with Crippen molar-refractivity contribution in [3.63, 3.8) is 0 Å². The number of pyridine rings is 1. The summed E-state index contributed by atoms with van der Waals surface area (Å²) in [6.07, 6.45) is 4.04. The number of nitrogens with zero attached hydrogens (tertiary/aromatic N) is 2. The molecule has 0 aliphatic heterocycles. The molecule has 46 heavy (non-hydrogen) atoms. The van der Waals surface area contributed by atoms with Crippen molar-refractivity contribution in [2.24, 2.45) is 0 Å². The Morgan fingerprint density at radius 2 is 1.59 bits per heavy atom. The monoisotopic (exact) mass is 674 g/mol. The summed E-state index contributed by atoms with van der Waals surface area (Å²) in [4.78, 5) is 21.0. The van der Waals surface area contributed by atoms with Gasteiger partial charge in [-0.2, -0.15) is 0 Å². The van der Waals surface area contributed by atoms with Gasteiger partial charge in [0.05, 0.1) is 16.8 Å². The molecule has 0 N–H and O–H groups in total. The largest absolute Gasteiger partial charge is 0.488 e. The number of hydrogen-bond donors (Lipinski definition) is 0. The van der Waals surface area contributed by atoms with Gasteiger partial charge in [0.2, 0.25) is 0 Å². The molecule has 0 bridgehead atoms. The van der Waals surface area contributed by atoms with Gasteiger partial charge in [-0.15, -0.1) is 0 Å². The first-order valence-electron chi connectivity index (χ1n) is 15.9. The van der Waals surface area contributed by atoms with Gasteiger partial charge in [0.15, 0.2) is 0 Å². The lowest BCUT2D eigenvalue weighted by Gasteiger charge is -2.23. The fourth-order valence-electron chi connectivity index (χ4n) is 5.79. The number of hydrogen-bond acceptors (Lipinski definition) is 3. The van der Waals surface area contributed by atoms with E-state index in [1.807, 2.05) is 42.2 Å². The van der Waals surface area contributed by atoms with Crippen molar-refractivity contribution in [3.05, 3.63) is 140 Å². The van der Waals surface area contributed by atoms with Crippen LogP contribution in [0.2, 0.25) is 0 Å². The van der Waals surface area contributed by atoms with E-state index in [-0.39, 0.29) is 11.3 Å². The summed E-state index contributed by atoms with van der Waals surface area (Å²) in [5, 5.41) is 0.830. The molecule has 4 nitrogen and oxygen atoms in total. The van der Waals surface area contributed by atoms with Gasteiger partial charge in [0.25, 0.3) is 5.91 Å². The minimum absolute atomic E-state index is 0.0211. The lowest BCUT2D eigenvalue weighted by Crippen LogP contribution is -2.30. The molecule has 5 aromatic rings. The van der Waals surface area contributed by atoms with Crippen molar-refractivity contribution >= 4 is 44.9 Å². The third-order valence-electron chi connectivity index (χ3n) is 8.27. The summed E-state index contributed by atoms with van der Waals surface area (Å²) in [5.74, 6) is 0.876. The molecule has 5 rings (SSSR count). The van der Waals surface area contributed by atoms with Crippen LogP contribution in [0.3, 0.4) is 0 Å². The minimum Gasteiger partial charge on any atom is -0.488 e. The lowest BCUT2D eigenvalue weighted by molar-refractivity contribution is 0.0754. The number of aryl methyl sites for hydroxylation is 3.